The van der Waals surface area contributed by atoms with Gasteiger partial charge in [-0.2, -0.15) is 0 Å². The van der Waals surface area contributed by atoms with E-state index in [1.54, 1.807) is 24.7 Å². The van der Waals surface area contributed by atoms with E-state index in [2.05, 4.69) is 9.97 Å². The largest absolute Gasteiger partial charge is 0.351 e. The van der Waals surface area contributed by atoms with Crippen molar-refractivity contribution in [3.8, 4) is 5.97 Å². The summed E-state index contributed by atoms with van der Waals surface area (Å²) < 4.78 is 0. The standard InChI is InChI=1S/C3H4N2.CH2BN/c1-2-5-3-4-1;2-1-3/h1-3H,(H,4,5);2H2. The van der Waals surface area contributed by atoms with Gasteiger partial charge in [-0.15, -0.1) is 0 Å². The molecule has 0 saturated heterocycles. The second kappa shape index (κ2) is 5.76. The summed E-state index contributed by atoms with van der Waals surface area (Å²) in [6.07, 6.45) is 5.08. The molecule has 3 nitrogen and oxygen atoms in total. The summed E-state index contributed by atoms with van der Waals surface area (Å²) in [6.45, 7) is 0. The van der Waals surface area contributed by atoms with Crippen molar-refractivity contribution in [2.75, 3.05) is 0 Å². The summed E-state index contributed by atoms with van der Waals surface area (Å²) in [5.74, 6) is 1.75. The Labute approximate surface area is 48.8 Å². The number of nitrogens with one attached hydrogen (secondary N) is 1. The van der Waals surface area contributed by atoms with E-state index >= 15 is 0 Å². The number of aromatic nitrogens is 2. The number of H-pyrrole nitrogens is 1. The number of aromatic amines is 1. The second-order valence-corrected chi connectivity index (χ2v) is 0.984. The van der Waals surface area contributed by atoms with Gasteiger partial charge in [0.1, 0.15) is 0 Å². The van der Waals surface area contributed by atoms with Crippen LogP contribution in [0.2, 0.25) is 0 Å². The molecule has 0 amide bonds. The van der Waals surface area contributed by atoms with E-state index in [9.17, 15) is 0 Å². The molecule has 0 bridgehead atoms. The fourth-order valence-corrected chi connectivity index (χ4v) is 0.215. The molecule has 1 heterocycles. The van der Waals surface area contributed by atoms with E-state index in [1.807, 2.05) is 0 Å². The van der Waals surface area contributed by atoms with Crippen LogP contribution in [0.1, 0.15) is 0 Å². The number of imidazole rings is 1. The zero-order chi connectivity index (χ0) is 6.24. The lowest BCUT2D eigenvalue weighted by molar-refractivity contribution is 1.31. The molecule has 0 saturated carbocycles. The van der Waals surface area contributed by atoms with Crippen LogP contribution in [-0.2, 0) is 0 Å². The van der Waals surface area contributed by atoms with Gasteiger partial charge in [-0.05, 0) is 5.97 Å². The number of hydrogen-bond donors (Lipinski definition) is 1. The molecule has 0 spiro atoms. The van der Waals surface area contributed by atoms with Crippen molar-refractivity contribution in [1.29, 1.82) is 5.26 Å². The first kappa shape index (κ1) is 6.76. The topological polar surface area (TPSA) is 52.5 Å². The molecule has 1 N–H and O–H groups in total. The lowest BCUT2D eigenvalue weighted by atomic mass is 10.2. The minimum absolute atomic E-state index is 1.43. The molecule has 0 atom stereocenters. The van der Waals surface area contributed by atoms with E-state index in [-0.39, 0.29) is 0 Å². The van der Waals surface area contributed by atoms with Crippen molar-refractivity contribution in [2.24, 2.45) is 0 Å². The number of nitrogens with zero attached hydrogens (tertiary/aromatic N) is 2. The van der Waals surface area contributed by atoms with Gasteiger partial charge in [-0.1, -0.05) is 0 Å². The monoisotopic (exact) mass is 107 g/mol. The first-order valence-electron chi connectivity index (χ1n) is 2.15. The van der Waals surface area contributed by atoms with Crippen LogP contribution in [0.5, 0.6) is 0 Å². The molecule has 1 rings (SSSR count). The average molecular weight is 107 g/mol. The lowest BCUT2D eigenvalue weighted by Crippen LogP contribution is -1.44. The number of rotatable bonds is 0. The summed E-state index contributed by atoms with van der Waals surface area (Å²) >= 11 is 0. The van der Waals surface area contributed by atoms with Crippen LogP contribution in [0, 0.1) is 11.2 Å². The van der Waals surface area contributed by atoms with Crippen molar-refractivity contribution >= 4 is 7.85 Å². The van der Waals surface area contributed by atoms with Crippen LogP contribution in [0.15, 0.2) is 18.7 Å². The molecule has 0 aromatic carbocycles. The molecule has 8 heavy (non-hydrogen) atoms. The zero-order valence-corrected chi connectivity index (χ0v) is 4.63. The van der Waals surface area contributed by atoms with Gasteiger partial charge in [0.15, 0.2) is 0 Å². The Morgan fingerprint density at radius 3 is 2.50 bits per heavy atom. The summed E-state index contributed by atoms with van der Waals surface area (Å²) in [7, 11) is 1.43. The number of hydrogen-bond acceptors (Lipinski definition) is 2. The summed E-state index contributed by atoms with van der Waals surface area (Å²) in [5.41, 5.74) is 0. The molecule has 0 unspecified atom stereocenters. The Hall–Kier alpha value is -1.24. The SMILES string of the molecule is BC#N.c1c[nH]cn1. The van der Waals surface area contributed by atoms with Crippen LogP contribution in [0.25, 0.3) is 0 Å². The number of nitriles is 1. The summed E-state index contributed by atoms with van der Waals surface area (Å²) in [4.78, 5) is 6.42. The highest BCUT2D eigenvalue weighted by molar-refractivity contribution is 6.20. The Morgan fingerprint density at radius 1 is 1.75 bits per heavy atom. The average Bonchev–Trinajstić information content (AvgIpc) is 2.17. The maximum absolute atomic E-state index is 7.32. The van der Waals surface area contributed by atoms with Gasteiger partial charge in [0.2, 0.25) is 7.85 Å². The molecule has 1 aromatic rings. The van der Waals surface area contributed by atoms with Gasteiger partial charge in [0, 0.05) is 12.4 Å². The highest BCUT2D eigenvalue weighted by Crippen LogP contribution is 1.62. The quantitative estimate of drug-likeness (QED) is 0.454. The normalized spacial score (nSPS) is 5.88. The highest BCUT2D eigenvalue weighted by atomic mass is 14.8. The maximum Gasteiger partial charge on any atom is 0.232 e. The fraction of sp³-hybridized carbons (Fsp3) is 0. The van der Waals surface area contributed by atoms with E-state index in [4.69, 9.17) is 5.26 Å². The summed E-state index contributed by atoms with van der Waals surface area (Å²) in [6, 6.07) is 0. The summed E-state index contributed by atoms with van der Waals surface area (Å²) in [5, 5.41) is 7.32. The molecule has 4 heteroatoms. The minimum atomic E-state index is 1.43. The van der Waals surface area contributed by atoms with Gasteiger partial charge in [0.25, 0.3) is 0 Å². The van der Waals surface area contributed by atoms with E-state index in [0.717, 1.165) is 0 Å². The third-order valence-electron chi connectivity index (χ3n) is 0.406. The van der Waals surface area contributed by atoms with E-state index in [1.165, 1.54) is 7.85 Å². The Morgan fingerprint density at radius 2 is 2.38 bits per heavy atom. The van der Waals surface area contributed by atoms with Crippen molar-refractivity contribution in [1.82, 2.24) is 9.97 Å². The van der Waals surface area contributed by atoms with Crippen molar-refractivity contribution in [3.63, 3.8) is 0 Å². The van der Waals surface area contributed by atoms with Gasteiger partial charge in [0.05, 0.1) is 6.33 Å². The zero-order valence-electron chi connectivity index (χ0n) is 4.63. The third-order valence-corrected chi connectivity index (χ3v) is 0.406. The highest BCUT2D eigenvalue weighted by Gasteiger charge is 1.56. The predicted octanol–water partition coefficient (Wildman–Crippen LogP) is -0.490. The van der Waals surface area contributed by atoms with E-state index < -0.39 is 0 Å². The smallest absolute Gasteiger partial charge is 0.232 e. The van der Waals surface area contributed by atoms with Crippen LogP contribution in [-0.4, -0.2) is 17.8 Å². The van der Waals surface area contributed by atoms with Crippen molar-refractivity contribution in [2.45, 2.75) is 0 Å². The van der Waals surface area contributed by atoms with Gasteiger partial charge in [-0.3, -0.25) is 0 Å². The van der Waals surface area contributed by atoms with Crippen molar-refractivity contribution < 1.29 is 0 Å². The van der Waals surface area contributed by atoms with Gasteiger partial charge in [-0.25, -0.2) is 10.2 Å². The molecular formula is C4H6BN3. The van der Waals surface area contributed by atoms with Crippen LogP contribution >= 0.6 is 0 Å². The van der Waals surface area contributed by atoms with Gasteiger partial charge >= 0.3 is 0 Å². The molecule has 0 radical (unpaired) electrons. The first-order chi connectivity index (χ1) is 3.91. The molecule has 1 aromatic heterocycles. The molecule has 0 aliphatic rings. The first-order valence-corrected chi connectivity index (χ1v) is 2.15. The Bertz CT molecular complexity index is 124. The fourth-order valence-electron chi connectivity index (χ4n) is 0.215. The van der Waals surface area contributed by atoms with Crippen LogP contribution < -0.4 is 0 Å². The van der Waals surface area contributed by atoms with Crippen molar-refractivity contribution in [3.05, 3.63) is 18.7 Å². The Balaban J connectivity index is 0.000000145. The van der Waals surface area contributed by atoms with E-state index in [0.29, 0.717) is 0 Å². The maximum atomic E-state index is 7.32. The van der Waals surface area contributed by atoms with Crippen LogP contribution in [0.3, 0.4) is 0 Å². The van der Waals surface area contributed by atoms with Gasteiger partial charge < -0.3 is 4.98 Å². The molecule has 0 aliphatic carbocycles. The lowest BCUT2D eigenvalue weighted by Gasteiger charge is -1.46. The molecule has 0 aliphatic heterocycles. The minimum Gasteiger partial charge on any atom is -0.351 e. The molecule has 40 valence electrons. The van der Waals surface area contributed by atoms with Crippen LogP contribution in [0.4, 0.5) is 0 Å². The second-order valence-electron chi connectivity index (χ2n) is 0.984. The molecule has 0 fully saturated rings. The molecular weight excluding hydrogens is 101 g/mol. The third kappa shape index (κ3) is 4.76. The Kier molecular flexibility index (Phi) is 4.87. The predicted molar refractivity (Wildman–Crippen MR) is 32.7 cm³/mol.